The molecule has 2 aromatic carbocycles. The van der Waals surface area contributed by atoms with Gasteiger partial charge < -0.3 is 5.32 Å². The Morgan fingerprint density at radius 3 is 2.60 bits per heavy atom. The number of hydrogen-bond acceptors (Lipinski definition) is 2. The Morgan fingerprint density at radius 2 is 1.95 bits per heavy atom. The van der Waals surface area contributed by atoms with Crippen LogP contribution in [0.3, 0.4) is 0 Å². The third kappa shape index (κ3) is 3.42. The van der Waals surface area contributed by atoms with Gasteiger partial charge in [0, 0.05) is 14.2 Å². The van der Waals surface area contributed by atoms with Crippen LogP contribution in [0.25, 0.3) is 0 Å². The molecule has 0 radical (unpaired) electrons. The summed E-state index contributed by atoms with van der Waals surface area (Å²) >= 11 is 13.9. The van der Waals surface area contributed by atoms with Crippen molar-refractivity contribution in [2.45, 2.75) is 0 Å². The fourth-order valence-corrected chi connectivity index (χ4v) is 2.24. The molecule has 0 saturated carbocycles. The van der Waals surface area contributed by atoms with Gasteiger partial charge >= 0.3 is 0 Å². The van der Waals surface area contributed by atoms with Gasteiger partial charge in [-0.2, -0.15) is 5.26 Å². The summed E-state index contributed by atoms with van der Waals surface area (Å²) in [6.45, 7) is 0. The molecular formula is C14H7Cl2IN2O. The molecule has 3 nitrogen and oxygen atoms in total. The molecule has 2 rings (SSSR count). The van der Waals surface area contributed by atoms with E-state index in [-0.39, 0.29) is 5.91 Å². The number of amides is 1. The van der Waals surface area contributed by atoms with E-state index in [0.29, 0.717) is 26.9 Å². The first-order valence-corrected chi connectivity index (χ1v) is 7.31. The molecular weight excluding hydrogens is 410 g/mol. The second-order valence-electron chi connectivity index (χ2n) is 3.88. The molecule has 0 unspecified atom stereocenters. The van der Waals surface area contributed by atoms with Crippen LogP contribution >= 0.6 is 45.8 Å². The van der Waals surface area contributed by atoms with Gasteiger partial charge in [0.15, 0.2) is 0 Å². The lowest BCUT2D eigenvalue weighted by atomic mass is 10.1. The van der Waals surface area contributed by atoms with Crippen LogP contribution in [0.1, 0.15) is 15.9 Å². The van der Waals surface area contributed by atoms with Crippen LogP contribution in [-0.4, -0.2) is 5.91 Å². The predicted octanol–water partition coefficient (Wildman–Crippen LogP) is 4.72. The smallest absolute Gasteiger partial charge is 0.255 e. The van der Waals surface area contributed by atoms with Crippen LogP contribution in [-0.2, 0) is 0 Å². The minimum absolute atomic E-state index is 0.345. The summed E-state index contributed by atoms with van der Waals surface area (Å²) in [7, 11) is 0. The van der Waals surface area contributed by atoms with E-state index in [1.807, 2.05) is 6.07 Å². The summed E-state index contributed by atoms with van der Waals surface area (Å²) in [5.41, 5.74) is 1.14. The number of benzene rings is 2. The third-order valence-corrected chi connectivity index (χ3v) is 4.34. The topological polar surface area (TPSA) is 52.9 Å². The highest BCUT2D eigenvalue weighted by atomic mass is 127. The van der Waals surface area contributed by atoms with E-state index in [1.165, 1.54) is 6.07 Å². The third-order valence-electron chi connectivity index (χ3n) is 2.53. The van der Waals surface area contributed by atoms with Crippen molar-refractivity contribution in [1.29, 1.82) is 5.26 Å². The number of nitrogens with one attached hydrogen (secondary N) is 1. The van der Waals surface area contributed by atoms with Gasteiger partial charge in [0.1, 0.15) is 6.07 Å². The standard InChI is InChI=1S/C14H7Cl2IN2O/c15-10-3-1-9(7-18)13(6-10)19-14(20)8-2-4-12(17)11(16)5-8/h1-6H,(H,19,20). The van der Waals surface area contributed by atoms with Crippen molar-refractivity contribution < 1.29 is 4.79 Å². The Labute approximate surface area is 139 Å². The zero-order valence-electron chi connectivity index (χ0n) is 9.95. The van der Waals surface area contributed by atoms with Gasteiger partial charge in [0.25, 0.3) is 5.91 Å². The molecule has 20 heavy (non-hydrogen) atoms. The van der Waals surface area contributed by atoms with Crippen molar-refractivity contribution >= 4 is 57.4 Å². The second-order valence-corrected chi connectivity index (χ2v) is 5.89. The average Bonchev–Trinajstić information content (AvgIpc) is 2.42. The number of carbonyl (C=O) groups is 1. The maximum absolute atomic E-state index is 12.1. The van der Waals surface area contributed by atoms with Crippen LogP contribution in [0, 0.1) is 14.9 Å². The quantitative estimate of drug-likeness (QED) is 0.720. The monoisotopic (exact) mass is 416 g/mol. The largest absolute Gasteiger partial charge is 0.321 e. The van der Waals surface area contributed by atoms with Crippen molar-refractivity contribution in [3.05, 3.63) is 61.1 Å². The zero-order chi connectivity index (χ0) is 14.7. The minimum atomic E-state index is -0.345. The van der Waals surface area contributed by atoms with Gasteiger partial charge in [-0.1, -0.05) is 23.2 Å². The van der Waals surface area contributed by atoms with E-state index in [2.05, 4.69) is 27.9 Å². The zero-order valence-corrected chi connectivity index (χ0v) is 13.6. The lowest BCUT2D eigenvalue weighted by molar-refractivity contribution is 0.102. The first-order chi connectivity index (χ1) is 9.51. The van der Waals surface area contributed by atoms with Crippen LogP contribution < -0.4 is 5.32 Å². The Bertz CT molecular complexity index is 726. The second kappa shape index (κ2) is 6.44. The van der Waals surface area contributed by atoms with Crippen LogP contribution in [0.15, 0.2) is 36.4 Å². The highest BCUT2D eigenvalue weighted by Gasteiger charge is 2.11. The Balaban J connectivity index is 2.30. The summed E-state index contributed by atoms with van der Waals surface area (Å²) in [5, 5.41) is 12.6. The van der Waals surface area contributed by atoms with Crippen molar-refractivity contribution in [2.75, 3.05) is 5.32 Å². The van der Waals surface area contributed by atoms with E-state index in [4.69, 9.17) is 28.5 Å². The molecule has 0 heterocycles. The first-order valence-electron chi connectivity index (χ1n) is 5.47. The lowest BCUT2D eigenvalue weighted by Crippen LogP contribution is -2.13. The van der Waals surface area contributed by atoms with Gasteiger partial charge in [0.05, 0.1) is 16.3 Å². The Morgan fingerprint density at radius 1 is 1.20 bits per heavy atom. The number of halogens is 3. The van der Waals surface area contributed by atoms with Gasteiger partial charge in [-0.3, -0.25) is 4.79 Å². The Hall–Kier alpha value is -1.29. The molecule has 0 aliphatic carbocycles. The first kappa shape index (κ1) is 15.1. The number of carbonyl (C=O) groups excluding carboxylic acids is 1. The Kier molecular flexibility index (Phi) is 4.86. The molecule has 0 fully saturated rings. The highest BCUT2D eigenvalue weighted by molar-refractivity contribution is 14.1. The van der Waals surface area contributed by atoms with Gasteiger partial charge in [0.2, 0.25) is 0 Å². The molecule has 0 aliphatic rings. The summed E-state index contributed by atoms with van der Waals surface area (Å²) in [6.07, 6.45) is 0. The molecule has 0 bridgehead atoms. The average molecular weight is 417 g/mol. The number of nitrogens with zero attached hydrogens (tertiary/aromatic N) is 1. The van der Waals surface area contributed by atoms with Crippen LogP contribution in [0.2, 0.25) is 10.0 Å². The van der Waals surface area contributed by atoms with Crippen molar-refractivity contribution in [3.63, 3.8) is 0 Å². The minimum Gasteiger partial charge on any atom is -0.321 e. The van der Waals surface area contributed by atoms with E-state index < -0.39 is 0 Å². The molecule has 100 valence electrons. The molecule has 0 spiro atoms. The summed E-state index contributed by atoms with van der Waals surface area (Å²) in [4.78, 5) is 12.1. The molecule has 1 amide bonds. The molecule has 1 N–H and O–H groups in total. The van der Waals surface area contributed by atoms with E-state index in [9.17, 15) is 4.79 Å². The van der Waals surface area contributed by atoms with Gasteiger partial charge in [-0.25, -0.2) is 0 Å². The molecule has 0 saturated heterocycles. The summed E-state index contributed by atoms with van der Waals surface area (Å²) in [6, 6.07) is 11.7. The fraction of sp³-hybridized carbons (Fsp3) is 0. The van der Waals surface area contributed by atoms with E-state index >= 15 is 0 Å². The maximum Gasteiger partial charge on any atom is 0.255 e. The van der Waals surface area contributed by atoms with E-state index in [1.54, 1.807) is 30.3 Å². The normalized spacial score (nSPS) is 9.90. The highest BCUT2D eigenvalue weighted by Crippen LogP contribution is 2.23. The predicted molar refractivity (Wildman–Crippen MR) is 88.3 cm³/mol. The van der Waals surface area contributed by atoms with E-state index in [0.717, 1.165) is 3.57 Å². The molecule has 0 atom stereocenters. The molecule has 6 heteroatoms. The molecule has 2 aromatic rings. The van der Waals surface area contributed by atoms with Gasteiger partial charge in [-0.05, 0) is 59.0 Å². The van der Waals surface area contributed by atoms with Gasteiger partial charge in [-0.15, -0.1) is 0 Å². The number of anilines is 1. The number of rotatable bonds is 2. The SMILES string of the molecule is N#Cc1ccc(Cl)cc1NC(=O)c1ccc(I)c(Cl)c1. The summed E-state index contributed by atoms with van der Waals surface area (Å²) < 4.78 is 0.862. The molecule has 0 aromatic heterocycles. The number of hydrogen-bond donors (Lipinski definition) is 1. The lowest BCUT2D eigenvalue weighted by Gasteiger charge is -2.08. The molecule has 0 aliphatic heterocycles. The fourth-order valence-electron chi connectivity index (χ4n) is 1.55. The summed E-state index contributed by atoms with van der Waals surface area (Å²) in [5.74, 6) is -0.345. The van der Waals surface area contributed by atoms with Crippen LogP contribution in [0.4, 0.5) is 5.69 Å². The van der Waals surface area contributed by atoms with Crippen molar-refractivity contribution in [1.82, 2.24) is 0 Å². The van der Waals surface area contributed by atoms with Crippen LogP contribution in [0.5, 0.6) is 0 Å². The number of nitriles is 1. The van der Waals surface area contributed by atoms with Crippen molar-refractivity contribution in [2.24, 2.45) is 0 Å². The van der Waals surface area contributed by atoms with Crippen molar-refractivity contribution in [3.8, 4) is 6.07 Å². The maximum atomic E-state index is 12.1.